The van der Waals surface area contributed by atoms with Crippen molar-refractivity contribution in [1.29, 1.82) is 0 Å². The van der Waals surface area contributed by atoms with Gasteiger partial charge in [0.05, 0.1) is 0 Å². The van der Waals surface area contributed by atoms with E-state index >= 15 is 0 Å². The van der Waals surface area contributed by atoms with Crippen LogP contribution in [0, 0.1) is 0 Å². The molecule has 2 aromatic heterocycles. The second kappa shape index (κ2) is 14.3. The Balaban J connectivity index is 1.36. The maximum absolute atomic E-state index is 8.86. The van der Waals surface area contributed by atoms with E-state index in [2.05, 4.69) is 124 Å². The number of aromatic nitrogens is 2. The van der Waals surface area contributed by atoms with Gasteiger partial charge in [-0.3, -0.25) is 0 Å². The van der Waals surface area contributed by atoms with Crippen LogP contribution in [0.25, 0.3) is 56.2 Å². The van der Waals surface area contributed by atoms with Gasteiger partial charge in [0.25, 0.3) is 0 Å². The van der Waals surface area contributed by atoms with Crippen LogP contribution in [0.4, 0.5) is 0 Å². The number of nitrogens with zero attached hydrogens (tertiary/aromatic N) is 2. The van der Waals surface area contributed by atoms with E-state index in [0.29, 0.717) is 0 Å². The fraction of sp³-hybridized carbons (Fsp3) is 0.261. The number of benzene rings is 4. The third-order valence-corrected chi connectivity index (χ3v) is 63.8. The second-order valence-corrected chi connectivity index (χ2v) is 57.8. The molecule has 6 aromatic rings. The molecular weight excluding hydrogens is 771 g/mol. The molecule has 2 unspecified atom stereocenters. The summed E-state index contributed by atoms with van der Waals surface area (Å²) in [6, 6.07) is 35.2. The number of hydrogen-bond donors (Lipinski definition) is 0. The van der Waals surface area contributed by atoms with E-state index in [-0.39, 0.29) is 7.25 Å². The van der Waals surface area contributed by atoms with Crippen molar-refractivity contribution in [2.75, 3.05) is 0 Å². The van der Waals surface area contributed by atoms with Crippen LogP contribution in [0.15, 0.2) is 121 Å². The molecule has 0 fully saturated rings. The quantitative estimate of drug-likeness (QED) is 0.122. The summed E-state index contributed by atoms with van der Waals surface area (Å²) in [5.41, 5.74) is 15.0. The van der Waals surface area contributed by atoms with E-state index in [1.165, 1.54) is 55.7 Å². The van der Waals surface area contributed by atoms with E-state index in [0.717, 1.165) is 60.3 Å². The monoisotopic (exact) mass is 815 g/mol. The molecule has 2 nitrogen and oxygen atoms in total. The van der Waals surface area contributed by atoms with Gasteiger partial charge >= 0.3 is 320 Å². The minimum absolute atomic E-state index is 0.0599. The van der Waals surface area contributed by atoms with Crippen LogP contribution in [0.2, 0.25) is 13.1 Å². The van der Waals surface area contributed by atoms with Gasteiger partial charge in [0.15, 0.2) is 0 Å². The molecule has 0 bridgehead atoms. The number of para-hydroxylation sites is 2. The fourth-order valence-electron chi connectivity index (χ4n) is 9.37. The Morgan fingerprint density at radius 3 is 1.38 bits per heavy atom. The molecule has 0 amide bonds. The van der Waals surface area contributed by atoms with Gasteiger partial charge < -0.3 is 0 Å². The summed E-state index contributed by atoms with van der Waals surface area (Å²) in [6.45, 7) is 9.51. The number of allylic oxidation sites excluding steroid dienone is 2. The van der Waals surface area contributed by atoms with E-state index in [9.17, 15) is 0 Å². The molecule has 2 heterocycles. The van der Waals surface area contributed by atoms with Gasteiger partial charge in [-0.25, -0.2) is 0 Å². The van der Waals surface area contributed by atoms with Gasteiger partial charge in [-0.1, -0.05) is 0 Å². The maximum atomic E-state index is 8.86. The molecule has 0 radical (unpaired) electrons. The van der Waals surface area contributed by atoms with Gasteiger partial charge in [-0.2, -0.15) is 0 Å². The third-order valence-electron chi connectivity index (χ3n) is 12.0. The summed E-state index contributed by atoms with van der Waals surface area (Å²) < 4.78 is 0.120. The van der Waals surface area contributed by atoms with Crippen LogP contribution in [0.3, 0.4) is 0 Å². The van der Waals surface area contributed by atoms with Crippen LogP contribution in [0.1, 0.15) is 81.9 Å². The van der Waals surface area contributed by atoms with Crippen molar-refractivity contribution in [3.63, 3.8) is 0 Å². The molecule has 6 heteroatoms. The van der Waals surface area contributed by atoms with E-state index in [4.69, 9.17) is 27.0 Å². The molecule has 0 saturated carbocycles. The minimum atomic E-state index is -4.97. The SMILES string of the molecule is CCCCC1=Cc2c(-c3cccc4cccnc34)cccc2[CH]1[Zr]([Cl])([Cl])([CH]1C(CCCC)=Cc2c(-c3cccc4cccnc34)cccc21)[SiH](C)C. The molecule has 2 aliphatic rings. The van der Waals surface area contributed by atoms with E-state index < -0.39 is 21.5 Å². The summed E-state index contributed by atoms with van der Waals surface area (Å²) >= 11 is -4.97. The van der Waals surface area contributed by atoms with Crippen LogP contribution in [-0.4, -0.2) is 15.9 Å². The number of fused-ring (bicyclic) bond motifs is 4. The fourth-order valence-corrected chi connectivity index (χ4v) is 40.9. The number of rotatable bonds is 11. The first-order valence-electron chi connectivity index (χ1n) is 19.2. The molecule has 263 valence electrons. The Hall–Kier alpha value is -3.14. The summed E-state index contributed by atoms with van der Waals surface area (Å²) in [5, 5.41) is 2.31. The first-order valence-corrected chi connectivity index (χ1v) is 35.5. The Bertz CT molecular complexity index is 2230. The first-order chi connectivity index (χ1) is 25.3. The number of hydrogen-bond acceptors (Lipinski definition) is 2. The molecule has 0 spiro atoms. The average molecular weight is 818 g/mol. The Kier molecular flexibility index (Phi) is 9.83. The number of halogens is 2. The zero-order valence-electron chi connectivity index (χ0n) is 30.7. The molecule has 0 N–H and O–H groups in total. The molecular formula is C46H47Cl2N2SiZr. The van der Waals surface area contributed by atoms with Crippen LogP contribution >= 0.6 is 17.0 Å². The van der Waals surface area contributed by atoms with Crippen molar-refractivity contribution in [3.8, 4) is 22.3 Å². The summed E-state index contributed by atoms with van der Waals surface area (Å²) in [7, 11) is 17.7. The normalized spacial score (nSPS) is 17.6. The molecule has 2 aliphatic carbocycles. The Labute approximate surface area is 317 Å². The molecule has 0 saturated heterocycles. The summed E-state index contributed by atoms with van der Waals surface area (Å²) in [4.78, 5) is 9.75. The Morgan fingerprint density at radius 1 is 0.558 bits per heavy atom. The van der Waals surface area contributed by atoms with Crippen molar-refractivity contribution in [3.05, 3.63) is 143 Å². The van der Waals surface area contributed by atoms with Crippen LogP contribution in [0.5, 0.6) is 0 Å². The molecule has 8 rings (SSSR count). The molecule has 4 aromatic carbocycles. The van der Waals surface area contributed by atoms with E-state index in [1.54, 1.807) is 0 Å². The predicted molar refractivity (Wildman–Crippen MR) is 225 cm³/mol. The standard InChI is InChI=1S/2C22H20N.C2H7Si.2ClH.Zr/c2*1-2-3-7-16-14-18-9-5-11-19(21(18)15-16)20-12-4-8-17-10-6-13-23-22(17)20;1-3-2;;;/h2*4-6,8-15H,2-3,7H2,1H3;3H,1-2H3;2*1H;/q;;;;;+2/p-2. The van der Waals surface area contributed by atoms with Gasteiger partial charge in [0.2, 0.25) is 0 Å². The van der Waals surface area contributed by atoms with Gasteiger partial charge in [0.1, 0.15) is 0 Å². The van der Waals surface area contributed by atoms with Crippen molar-refractivity contribution in [2.24, 2.45) is 0 Å². The van der Waals surface area contributed by atoms with Crippen molar-refractivity contribution < 1.29 is 15.6 Å². The zero-order chi connectivity index (χ0) is 36.1. The zero-order valence-corrected chi connectivity index (χ0v) is 35.8. The molecule has 52 heavy (non-hydrogen) atoms. The third kappa shape index (κ3) is 5.76. The van der Waals surface area contributed by atoms with E-state index in [1.807, 2.05) is 24.5 Å². The molecule has 2 atom stereocenters. The number of pyridine rings is 2. The predicted octanol–water partition coefficient (Wildman–Crippen LogP) is 14.1. The topological polar surface area (TPSA) is 25.8 Å². The summed E-state index contributed by atoms with van der Waals surface area (Å²) in [5.74, 6) is -1.71. The average Bonchev–Trinajstić information content (AvgIpc) is 3.75. The van der Waals surface area contributed by atoms with Crippen LogP contribution in [-0.2, 0) is 15.6 Å². The second-order valence-electron chi connectivity index (χ2n) is 15.3. The number of unbranched alkanes of at least 4 members (excludes halogenated alkanes) is 2. The van der Waals surface area contributed by atoms with Crippen molar-refractivity contribution in [2.45, 2.75) is 72.7 Å². The van der Waals surface area contributed by atoms with Crippen LogP contribution < -0.4 is 0 Å². The Morgan fingerprint density at radius 2 is 0.962 bits per heavy atom. The van der Waals surface area contributed by atoms with Gasteiger partial charge in [-0.05, 0) is 0 Å². The first kappa shape index (κ1) is 35.9. The van der Waals surface area contributed by atoms with Crippen molar-refractivity contribution in [1.82, 2.24) is 9.97 Å². The molecule has 0 aliphatic heterocycles. The summed E-state index contributed by atoms with van der Waals surface area (Å²) in [6.07, 6.45) is 15.4. The van der Waals surface area contributed by atoms with Crippen molar-refractivity contribution >= 4 is 56.9 Å². The van der Waals surface area contributed by atoms with Gasteiger partial charge in [0, 0.05) is 0 Å². The van der Waals surface area contributed by atoms with Gasteiger partial charge in [-0.15, -0.1) is 0 Å².